The number of benzene rings is 1. The Bertz CT molecular complexity index is 1260. The maximum absolute atomic E-state index is 12.5. The standard InChI is InChI=1S/C21H20N4O4/c1-4-14(2)25-17(10-9-15-7-5-8-16(13-15)29-3)22-19-18(25)20(27)23-21(28)24(19)11-6-12-26/h1,5,7-8,13-14,26H,6,11-12H2,2-3H3,(H,23,27,28). The van der Waals surface area contributed by atoms with Crippen molar-refractivity contribution >= 4 is 11.2 Å². The molecule has 8 nitrogen and oxygen atoms in total. The Kier molecular flexibility index (Phi) is 5.87. The smallest absolute Gasteiger partial charge is 0.330 e. The van der Waals surface area contributed by atoms with Gasteiger partial charge in [-0.2, -0.15) is 0 Å². The molecule has 0 bridgehead atoms. The van der Waals surface area contributed by atoms with Gasteiger partial charge in [-0.1, -0.05) is 17.9 Å². The van der Waals surface area contributed by atoms with Crippen LogP contribution in [0, 0.1) is 24.2 Å². The third kappa shape index (κ3) is 3.93. The average molecular weight is 392 g/mol. The number of aromatic nitrogens is 4. The normalized spacial score (nSPS) is 11.5. The number of imidazole rings is 1. The summed E-state index contributed by atoms with van der Waals surface area (Å²) in [5, 5.41) is 9.11. The molecule has 0 amide bonds. The predicted molar refractivity (Wildman–Crippen MR) is 109 cm³/mol. The lowest BCUT2D eigenvalue weighted by Crippen LogP contribution is -2.31. The van der Waals surface area contributed by atoms with E-state index in [1.165, 1.54) is 9.13 Å². The summed E-state index contributed by atoms with van der Waals surface area (Å²) in [4.78, 5) is 31.5. The molecule has 0 spiro atoms. The number of nitrogens with one attached hydrogen (secondary N) is 1. The van der Waals surface area contributed by atoms with E-state index in [0.29, 0.717) is 17.7 Å². The number of aryl methyl sites for hydroxylation is 1. The maximum Gasteiger partial charge on any atom is 0.330 e. The molecule has 1 aromatic carbocycles. The van der Waals surface area contributed by atoms with Gasteiger partial charge in [0.2, 0.25) is 0 Å². The number of ether oxygens (including phenoxy) is 1. The van der Waals surface area contributed by atoms with Gasteiger partial charge in [-0.3, -0.25) is 18.9 Å². The number of aliphatic hydroxyl groups is 1. The van der Waals surface area contributed by atoms with Gasteiger partial charge in [0, 0.05) is 18.7 Å². The molecule has 0 aliphatic rings. The zero-order chi connectivity index (χ0) is 21.0. The van der Waals surface area contributed by atoms with Crippen LogP contribution in [0.2, 0.25) is 0 Å². The summed E-state index contributed by atoms with van der Waals surface area (Å²) in [6.07, 6.45) is 5.93. The van der Waals surface area contributed by atoms with E-state index in [9.17, 15) is 9.59 Å². The van der Waals surface area contributed by atoms with Gasteiger partial charge in [0.25, 0.3) is 5.56 Å². The molecule has 148 valence electrons. The fourth-order valence-electron chi connectivity index (χ4n) is 2.94. The van der Waals surface area contributed by atoms with Crippen LogP contribution in [0.25, 0.3) is 11.2 Å². The molecular formula is C21H20N4O4. The van der Waals surface area contributed by atoms with Crippen molar-refractivity contribution in [3.8, 4) is 29.9 Å². The molecule has 0 aliphatic carbocycles. The van der Waals surface area contributed by atoms with E-state index in [4.69, 9.17) is 16.3 Å². The summed E-state index contributed by atoms with van der Waals surface area (Å²) in [6, 6.07) is 6.69. The molecule has 0 fully saturated rings. The van der Waals surface area contributed by atoms with Gasteiger partial charge in [0.1, 0.15) is 5.75 Å². The zero-order valence-corrected chi connectivity index (χ0v) is 16.1. The lowest BCUT2D eigenvalue weighted by Gasteiger charge is -2.09. The van der Waals surface area contributed by atoms with Crippen LogP contribution in [0.15, 0.2) is 33.9 Å². The molecule has 2 aromatic heterocycles. The van der Waals surface area contributed by atoms with Crippen LogP contribution in [0.5, 0.6) is 5.75 Å². The summed E-state index contributed by atoms with van der Waals surface area (Å²) in [6.45, 7) is 1.84. The van der Waals surface area contributed by atoms with Crippen LogP contribution in [-0.2, 0) is 6.54 Å². The van der Waals surface area contributed by atoms with E-state index in [-0.39, 0.29) is 30.1 Å². The van der Waals surface area contributed by atoms with Gasteiger partial charge in [0.05, 0.1) is 13.2 Å². The zero-order valence-electron chi connectivity index (χ0n) is 16.1. The van der Waals surface area contributed by atoms with Crippen LogP contribution < -0.4 is 16.0 Å². The van der Waals surface area contributed by atoms with Gasteiger partial charge in [-0.15, -0.1) is 6.42 Å². The van der Waals surface area contributed by atoms with E-state index in [2.05, 4.69) is 27.7 Å². The first-order valence-electron chi connectivity index (χ1n) is 8.98. The fraction of sp³-hybridized carbons (Fsp3) is 0.286. The molecule has 0 saturated heterocycles. The highest BCUT2D eigenvalue weighted by molar-refractivity contribution is 5.72. The topological polar surface area (TPSA) is 102 Å². The summed E-state index contributed by atoms with van der Waals surface area (Å²) in [5.74, 6) is 9.45. The predicted octanol–water partition coefficient (Wildman–Crippen LogP) is 0.871. The Morgan fingerprint density at radius 1 is 1.34 bits per heavy atom. The molecule has 1 atom stereocenters. The Labute approximate surface area is 166 Å². The third-order valence-electron chi connectivity index (χ3n) is 4.39. The number of hydrogen-bond donors (Lipinski definition) is 2. The molecular weight excluding hydrogens is 372 g/mol. The molecule has 0 radical (unpaired) electrons. The summed E-state index contributed by atoms with van der Waals surface area (Å²) < 4.78 is 8.04. The third-order valence-corrected chi connectivity index (χ3v) is 4.39. The molecule has 2 heterocycles. The van der Waals surface area contributed by atoms with Crippen molar-refractivity contribution in [2.24, 2.45) is 0 Å². The first kappa shape index (κ1) is 20.0. The van der Waals surface area contributed by atoms with Gasteiger partial charge in [-0.25, -0.2) is 9.78 Å². The van der Waals surface area contributed by atoms with E-state index < -0.39 is 17.3 Å². The lowest BCUT2D eigenvalue weighted by molar-refractivity contribution is 0.279. The number of methoxy groups -OCH3 is 1. The second-order valence-electron chi connectivity index (χ2n) is 6.29. The lowest BCUT2D eigenvalue weighted by atomic mass is 10.2. The van der Waals surface area contributed by atoms with Crippen molar-refractivity contribution in [3.05, 3.63) is 56.5 Å². The van der Waals surface area contributed by atoms with Crippen LogP contribution in [0.4, 0.5) is 0 Å². The van der Waals surface area contributed by atoms with E-state index in [0.717, 1.165) is 0 Å². The maximum atomic E-state index is 12.5. The highest BCUT2D eigenvalue weighted by Gasteiger charge is 2.20. The number of rotatable bonds is 5. The fourth-order valence-corrected chi connectivity index (χ4v) is 2.94. The van der Waals surface area contributed by atoms with E-state index in [1.54, 1.807) is 26.2 Å². The van der Waals surface area contributed by atoms with Crippen LogP contribution in [0.1, 0.15) is 30.8 Å². The molecule has 0 saturated carbocycles. The van der Waals surface area contributed by atoms with Crippen molar-refractivity contribution < 1.29 is 9.84 Å². The minimum absolute atomic E-state index is 0.100. The Morgan fingerprint density at radius 3 is 2.83 bits per heavy atom. The second kappa shape index (κ2) is 8.51. The SMILES string of the molecule is C#CC(C)n1c(C#Cc2cccc(OC)c2)nc2c1c(=O)[nH]c(=O)n2CCCO. The van der Waals surface area contributed by atoms with Crippen molar-refractivity contribution in [1.29, 1.82) is 0 Å². The molecule has 29 heavy (non-hydrogen) atoms. The number of fused-ring (bicyclic) bond motifs is 1. The minimum Gasteiger partial charge on any atom is -0.497 e. The molecule has 3 rings (SSSR count). The van der Waals surface area contributed by atoms with Gasteiger partial charge < -0.3 is 9.84 Å². The van der Waals surface area contributed by atoms with Crippen LogP contribution in [-0.4, -0.2) is 37.9 Å². The number of nitrogens with zero attached hydrogens (tertiary/aromatic N) is 3. The van der Waals surface area contributed by atoms with E-state index >= 15 is 0 Å². The number of terminal acetylenes is 1. The number of H-pyrrole nitrogens is 1. The Morgan fingerprint density at radius 2 is 2.14 bits per heavy atom. The van der Waals surface area contributed by atoms with Crippen LogP contribution in [0.3, 0.4) is 0 Å². The number of aliphatic hydroxyl groups excluding tert-OH is 1. The number of hydrogen-bond acceptors (Lipinski definition) is 5. The first-order valence-corrected chi connectivity index (χ1v) is 8.98. The van der Waals surface area contributed by atoms with Gasteiger partial charge in [-0.05, 0) is 37.5 Å². The largest absolute Gasteiger partial charge is 0.497 e. The average Bonchev–Trinajstić information content (AvgIpc) is 3.11. The molecule has 8 heteroatoms. The quantitative estimate of drug-likeness (QED) is 0.628. The summed E-state index contributed by atoms with van der Waals surface area (Å²) in [7, 11) is 1.57. The molecule has 0 aliphatic heterocycles. The highest BCUT2D eigenvalue weighted by atomic mass is 16.5. The van der Waals surface area contributed by atoms with Gasteiger partial charge in [0.15, 0.2) is 17.0 Å². The Balaban J connectivity index is 2.25. The first-order chi connectivity index (χ1) is 14.0. The molecule has 1 unspecified atom stereocenters. The summed E-state index contributed by atoms with van der Waals surface area (Å²) in [5.41, 5.74) is -0.134. The molecule has 2 N–H and O–H groups in total. The second-order valence-corrected chi connectivity index (χ2v) is 6.29. The monoisotopic (exact) mass is 392 g/mol. The summed E-state index contributed by atoms with van der Waals surface area (Å²) >= 11 is 0. The highest BCUT2D eigenvalue weighted by Crippen LogP contribution is 2.18. The van der Waals surface area contributed by atoms with Crippen LogP contribution >= 0.6 is 0 Å². The minimum atomic E-state index is -0.596. The van der Waals surface area contributed by atoms with E-state index in [1.807, 2.05) is 12.1 Å². The molecule has 3 aromatic rings. The van der Waals surface area contributed by atoms with Crippen molar-refractivity contribution in [1.82, 2.24) is 19.1 Å². The Hall–Kier alpha value is -3.75. The number of aromatic amines is 1. The van der Waals surface area contributed by atoms with Crippen molar-refractivity contribution in [2.45, 2.75) is 25.9 Å². The van der Waals surface area contributed by atoms with Crippen molar-refractivity contribution in [2.75, 3.05) is 13.7 Å². The van der Waals surface area contributed by atoms with Gasteiger partial charge >= 0.3 is 5.69 Å². The van der Waals surface area contributed by atoms with Crippen molar-refractivity contribution in [3.63, 3.8) is 0 Å².